The molecule has 0 amide bonds. The van der Waals surface area contributed by atoms with Crippen LogP contribution in [0.4, 0.5) is 0 Å². The number of rotatable bonds is 3. The van der Waals surface area contributed by atoms with E-state index in [9.17, 15) is 8.42 Å². The van der Waals surface area contributed by atoms with Crippen molar-refractivity contribution >= 4 is 10.0 Å². The second-order valence-corrected chi connectivity index (χ2v) is 7.39. The van der Waals surface area contributed by atoms with Gasteiger partial charge in [-0.3, -0.25) is 0 Å². The summed E-state index contributed by atoms with van der Waals surface area (Å²) in [6, 6.07) is 16.8. The highest BCUT2D eigenvalue weighted by atomic mass is 32.2. The third-order valence-corrected chi connectivity index (χ3v) is 5.94. The summed E-state index contributed by atoms with van der Waals surface area (Å²) in [5, 5.41) is 0. The molecule has 3 nitrogen and oxygen atoms in total. The van der Waals surface area contributed by atoms with Crippen LogP contribution in [0.15, 0.2) is 59.5 Å². The minimum atomic E-state index is -3.41. The molecule has 3 rings (SSSR count). The summed E-state index contributed by atoms with van der Waals surface area (Å²) >= 11 is 0. The van der Waals surface area contributed by atoms with E-state index in [1.807, 2.05) is 37.3 Å². The molecule has 1 atom stereocenters. The maximum Gasteiger partial charge on any atom is 0.243 e. The smallest absolute Gasteiger partial charge is 0.207 e. The fraction of sp³-hybridized carbons (Fsp3) is 0.294. The molecule has 1 aliphatic rings. The lowest BCUT2D eigenvalue weighted by atomic mass is 10.0. The summed E-state index contributed by atoms with van der Waals surface area (Å²) in [7, 11) is -3.41. The third-order valence-electron chi connectivity index (χ3n) is 4.02. The van der Waals surface area contributed by atoms with Crippen LogP contribution >= 0.6 is 0 Å². The summed E-state index contributed by atoms with van der Waals surface area (Å²) in [5.74, 6) is 0. The number of nitrogens with zero attached hydrogens (tertiary/aromatic N) is 1. The number of benzene rings is 2. The van der Waals surface area contributed by atoms with E-state index >= 15 is 0 Å². The summed E-state index contributed by atoms with van der Waals surface area (Å²) in [6.07, 6.45) is 1.79. The van der Waals surface area contributed by atoms with Gasteiger partial charge in [0.15, 0.2) is 0 Å². The van der Waals surface area contributed by atoms with E-state index in [4.69, 9.17) is 0 Å². The number of hydrogen-bond acceptors (Lipinski definition) is 2. The Balaban J connectivity index is 1.96. The van der Waals surface area contributed by atoms with Crippen LogP contribution in [-0.2, 0) is 10.0 Å². The van der Waals surface area contributed by atoms with E-state index < -0.39 is 10.0 Å². The van der Waals surface area contributed by atoms with Gasteiger partial charge in [0.25, 0.3) is 0 Å². The molecule has 0 aliphatic carbocycles. The van der Waals surface area contributed by atoms with Crippen LogP contribution in [0.2, 0.25) is 0 Å². The monoisotopic (exact) mass is 301 g/mol. The molecule has 0 unspecified atom stereocenters. The highest BCUT2D eigenvalue weighted by Gasteiger charge is 2.35. The van der Waals surface area contributed by atoms with Crippen LogP contribution in [0.3, 0.4) is 0 Å². The van der Waals surface area contributed by atoms with Crippen LogP contribution in [0.25, 0.3) is 0 Å². The van der Waals surface area contributed by atoms with E-state index in [0.29, 0.717) is 11.4 Å². The molecule has 0 spiro atoms. The lowest BCUT2D eigenvalue weighted by Gasteiger charge is -2.24. The molecule has 4 heteroatoms. The highest BCUT2D eigenvalue weighted by Crippen LogP contribution is 2.36. The van der Waals surface area contributed by atoms with Crippen molar-refractivity contribution in [2.75, 3.05) is 6.54 Å². The lowest BCUT2D eigenvalue weighted by Crippen LogP contribution is -2.30. The Morgan fingerprint density at radius 2 is 1.67 bits per heavy atom. The second-order valence-electron chi connectivity index (χ2n) is 5.50. The first-order valence-electron chi connectivity index (χ1n) is 7.22. The van der Waals surface area contributed by atoms with Gasteiger partial charge in [0.05, 0.1) is 10.9 Å². The molecule has 0 saturated carbocycles. The summed E-state index contributed by atoms with van der Waals surface area (Å²) in [6.45, 7) is 2.63. The Hall–Kier alpha value is -1.65. The summed E-state index contributed by atoms with van der Waals surface area (Å²) in [4.78, 5) is 0.379. The van der Waals surface area contributed by atoms with Crippen molar-refractivity contribution in [3.63, 3.8) is 0 Å². The Kier molecular flexibility index (Phi) is 3.83. The topological polar surface area (TPSA) is 37.4 Å². The Labute approximate surface area is 126 Å². The normalized spacial score (nSPS) is 19.8. The summed E-state index contributed by atoms with van der Waals surface area (Å²) < 4.78 is 27.3. The average Bonchev–Trinajstić information content (AvgIpc) is 2.99. The molecular weight excluding hydrogens is 282 g/mol. The predicted molar refractivity (Wildman–Crippen MR) is 83.5 cm³/mol. The van der Waals surface area contributed by atoms with E-state index in [2.05, 4.69) is 0 Å². The molecule has 0 aromatic heterocycles. The van der Waals surface area contributed by atoms with Gasteiger partial charge in [-0.25, -0.2) is 8.42 Å². The molecule has 0 bridgehead atoms. The predicted octanol–water partition coefficient (Wildman–Crippen LogP) is 3.52. The van der Waals surface area contributed by atoms with Crippen LogP contribution in [0.1, 0.15) is 30.0 Å². The van der Waals surface area contributed by atoms with E-state index in [1.54, 1.807) is 28.6 Å². The van der Waals surface area contributed by atoms with Gasteiger partial charge in [-0.05, 0) is 37.5 Å². The van der Waals surface area contributed by atoms with Crippen molar-refractivity contribution in [2.24, 2.45) is 0 Å². The van der Waals surface area contributed by atoms with Crippen molar-refractivity contribution < 1.29 is 8.42 Å². The van der Waals surface area contributed by atoms with Crippen molar-refractivity contribution in [1.29, 1.82) is 0 Å². The molecule has 1 saturated heterocycles. The first-order chi connectivity index (χ1) is 10.1. The zero-order valence-electron chi connectivity index (χ0n) is 12.1. The van der Waals surface area contributed by atoms with Gasteiger partial charge in [-0.1, -0.05) is 48.0 Å². The van der Waals surface area contributed by atoms with Gasteiger partial charge < -0.3 is 0 Å². The molecule has 0 N–H and O–H groups in total. The van der Waals surface area contributed by atoms with Crippen LogP contribution in [0, 0.1) is 6.92 Å². The molecule has 21 heavy (non-hydrogen) atoms. The minimum Gasteiger partial charge on any atom is -0.207 e. The quantitative estimate of drug-likeness (QED) is 0.870. The molecule has 0 radical (unpaired) electrons. The van der Waals surface area contributed by atoms with Crippen LogP contribution in [0.5, 0.6) is 0 Å². The molecular formula is C17H19NO2S. The van der Waals surface area contributed by atoms with Gasteiger partial charge in [0, 0.05) is 6.54 Å². The van der Waals surface area contributed by atoms with Gasteiger partial charge in [0.1, 0.15) is 0 Å². The molecule has 1 fully saturated rings. The van der Waals surface area contributed by atoms with Crippen molar-refractivity contribution in [3.8, 4) is 0 Å². The Bertz CT molecular complexity index is 708. The van der Waals surface area contributed by atoms with Crippen molar-refractivity contribution in [3.05, 3.63) is 65.7 Å². The fourth-order valence-electron chi connectivity index (χ4n) is 2.88. The largest absolute Gasteiger partial charge is 0.243 e. The number of sulfonamides is 1. The molecule has 2 aromatic rings. The van der Waals surface area contributed by atoms with Gasteiger partial charge in [-0.15, -0.1) is 0 Å². The highest BCUT2D eigenvalue weighted by molar-refractivity contribution is 7.89. The van der Waals surface area contributed by atoms with Gasteiger partial charge >= 0.3 is 0 Å². The maximum atomic E-state index is 12.8. The van der Waals surface area contributed by atoms with Crippen LogP contribution in [-0.4, -0.2) is 19.3 Å². The Morgan fingerprint density at radius 1 is 1.00 bits per heavy atom. The van der Waals surface area contributed by atoms with Gasteiger partial charge in [-0.2, -0.15) is 4.31 Å². The van der Waals surface area contributed by atoms with Crippen molar-refractivity contribution in [1.82, 2.24) is 4.31 Å². The molecule has 1 aliphatic heterocycles. The first kappa shape index (κ1) is 14.3. The maximum absolute atomic E-state index is 12.8. The van der Waals surface area contributed by atoms with E-state index in [-0.39, 0.29) is 6.04 Å². The standard InChI is InChI=1S/C17H19NO2S/c1-14-9-11-15(12-10-14)17-8-5-13-18(17)21(19,20)16-6-3-2-4-7-16/h2-4,6-7,9-12,17H,5,8,13H2,1H3/t17-/m0/s1. The lowest BCUT2D eigenvalue weighted by molar-refractivity contribution is 0.396. The van der Waals surface area contributed by atoms with Gasteiger partial charge in [0.2, 0.25) is 10.0 Å². The number of aryl methyl sites for hydroxylation is 1. The van der Waals surface area contributed by atoms with Crippen LogP contribution < -0.4 is 0 Å². The van der Waals surface area contributed by atoms with E-state index in [1.165, 1.54) is 5.56 Å². The minimum absolute atomic E-state index is 0.0455. The average molecular weight is 301 g/mol. The van der Waals surface area contributed by atoms with E-state index in [0.717, 1.165) is 18.4 Å². The fourth-order valence-corrected chi connectivity index (χ4v) is 4.58. The Morgan fingerprint density at radius 3 is 2.33 bits per heavy atom. The molecule has 110 valence electrons. The van der Waals surface area contributed by atoms with Crippen molar-refractivity contribution in [2.45, 2.75) is 30.7 Å². The zero-order chi connectivity index (χ0) is 14.9. The summed E-state index contributed by atoms with van der Waals surface area (Å²) in [5.41, 5.74) is 2.27. The SMILES string of the molecule is Cc1ccc([C@@H]2CCCN2S(=O)(=O)c2ccccc2)cc1. The first-order valence-corrected chi connectivity index (χ1v) is 8.66. The number of hydrogen-bond donors (Lipinski definition) is 0. The zero-order valence-corrected chi connectivity index (χ0v) is 12.9. The molecule has 1 heterocycles. The molecule has 2 aromatic carbocycles. The second kappa shape index (κ2) is 5.62. The third kappa shape index (κ3) is 2.74.